The molecule has 2 aliphatic rings. The van der Waals surface area contributed by atoms with Crippen LogP contribution in [0, 0.1) is 0 Å². The summed E-state index contributed by atoms with van der Waals surface area (Å²) in [6.07, 6.45) is 5.85. The number of amidine groups is 1. The number of carbonyl (C=O) groups excluding carboxylic acids is 1. The maximum atomic E-state index is 12.6. The van der Waals surface area contributed by atoms with Crippen molar-refractivity contribution in [2.45, 2.75) is 25.7 Å². The van der Waals surface area contributed by atoms with Crippen LogP contribution in [0.1, 0.15) is 24.0 Å². The average Bonchev–Trinajstić information content (AvgIpc) is 2.84. The summed E-state index contributed by atoms with van der Waals surface area (Å²) in [7, 11) is 0. The van der Waals surface area contributed by atoms with Gasteiger partial charge in [-0.05, 0) is 60.6 Å². The number of halogens is 2. The van der Waals surface area contributed by atoms with Crippen LogP contribution in [0.25, 0.3) is 11.1 Å². The quantitative estimate of drug-likeness (QED) is 0.440. The molecule has 3 aromatic rings. The third-order valence-corrected chi connectivity index (χ3v) is 6.51. The molecule has 0 saturated heterocycles. The molecule has 35 heavy (non-hydrogen) atoms. The number of fused-ring (bicyclic) bond motifs is 1. The van der Waals surface area contributed by atoms with Crippen LogP contribution in [0.15, 0.2) is 64.8 Å². The Morgan fingerprint density at radius 3 is 2.49 bits per heavy atom. The predicted octanol–water partition coefficient (Wildman–Crippen LogP) is 5.34. The maximum absolute atomic E-state index is 12.6. The fourth-order valence-corrected chi connectivity index (χ4v) is 4.71. The molecule has 2 heterocycles. The van der Waals surface area contributed by atoms with Gasteiger partial charge in [0.05, 0.1) is 27.0 Å². The number of rotatable bonds is 4. The van der Waals surface area contributed by atoms with E-state index in [0.29, 0.717) is 11.3 Å². The van der Waals surface area contributed by atoms with E-state index < -0.39 is 6.03 Å². The molecule has 1 aromatic heterocycles. The van der Waals surface area contributed by atoms with Crippen molar-refractivity contribution in [3.63, 3.8) is 0 Å². The van der Waals surface area contributed by atoms with Crippen LogP contribution in [-0.4, -0.2) is 16.9 Å². The van der Waals surface area contributed by atoms with E-state index >= 15 is 0 Å². The Kier molecular flexibility index (Phi) is 6.00. The van der Waals surface area contributed by atoms with E-state index in [1.54, 1.807) is 6.07 Å². The maximum Gasteiger partial charge on any atom is 0.347 e. The largest absolute Gasteiger partial charge is 0.453 e. The van der Waals surface area contributed by atoms with Crippen molar-refractivity contribution in [3.8, 4) is 22.6 Å². The molecule has 2 aromatic carbocycles. The van der Waals surface area contributed by atoms with E-state index in [0.717, 1.165) is 29.8 Å². The van der Waals surface area contributed by atoms with Crippen LogP contribution in [0.2, 0.25) is 10.0 Å². The number of aromatic nitrogens is 1. The topological polar surface area (TPSA) is 113 Å². The Morgan fingerprint density at radius 1 is 1.03 bits per heavy atom. The Balaban J connectivity index is 1.46. The smallest absolute Gasteiger partial charge is 0.347 e. The molecule has 1 aliphatic heterocycles. The third kappa shape index (κ3) is 4.50. The molecular formula is C25H21Cl2N5O3. The van der Waals surface area contributed by atoms with Crippen LogP contribution >= 0.6 is 23.2 Å². The first-order valence-corrected chi connectivity index (χ1v) is 11.7. The number of aromatic amines is 1. The van der Waals surface area contributed by atoms with Crippen molar-refractivity contribution in [2.24, 2.45) is 10.8 Å². The first-order valence-electron chi connectivity index (χ1n) is 11.0. The molecule has 0 unspecified atom stereocenters. The Morgan fingerprint density at radius 2 is 1.74 bits per heavy atom. The summed E-state index contributed by atoms with van der Waals surface area (Å²) in [6.45, 7) is 3.61. The summed E-state index contributed by atoms with van der Waals surface area (Å²) in [5.41, 5.74) is 9.93. The lowest BCUT2D eigenvalue weighted by Crippen LogP contribution is -2.45. The van der Waals surface area contributed by atoms with Gasteiger partial charge in [-0.25, -0.2) is 4.79 Å². The highest BCUT2D eigenvalue weighted by Crippen LogP contribution is 2.40. The number of hydrogen-bond acceptors (Lipinski definition) is 5. The van der Waals surface area contributed by atoms with Crippen LogP contribution in [-0.2, 0) is 12.8 Å². The highest BCUT2D eigenvalue weighted by atomic mass is 35.5. The van der Waals surface area contributed by atoms with E-state index in [4.69, 9.17) is 33.7 Å². The number of urea groups is 1. The molecule has 0 atom stereocenters. The molecule has 0 radical (unpaired) electrons. The Hall–Kier alpha value is -3.75. The highest BCUT2D eigenvalue weighted by Gasteiger charge is 2.25. The van der Waals surface area contributed by atoms with Crippen LogP contribution in [0.5, 0.6) is 11.5 Å². The summed E-state index contributed by atoms with van der Waals surface area (Å²) in [6, 6.07) is 10.2. The minimum absolute atomic E-state index is 0.0557. The summed E-state index contributed by atoms with van der Waals surface area (Å²) < 4.78 is 5.95. The monoisotopic (exact) mass is 509 g/mol. The lowest BCUT2D eigenvalue weighted by molar-refractivity contribution is 0.248. The number of pyridine rings is 1. The van der Waals surface area contributed by atoms with Gasteiger partial charge in [0, 0.05) is 6.20 Å². The molecule has 5 rings (SSSR count). The van der Waals surface area contributed by atoms with Gasteiger partial charge in [-0.1, -0.05) is 48.0 Å². The van der Waals surface area contributed by atoms with Gasteiger partial charge in [-0.15, -0.1) is 5.10 Å². The lowest BCUT2D eigenvalue weighted by atomic mass is 9.89. The van der Waals surface area contributed by atoms with Gasteiger partial charge in [0.1, 0.15) is 5.75 Å². The summed E-state index contributed by atoms with van der Waals surface area (Å²) in [5, 5.41) is 7.82. The highest BCUT2D eigenvalue weighted by molar-refractivity contribution is 6.37. The number of anilines is 1. The minimum atomic E-state index is -0.555. The van der Waals surface area contributed by atoms with Gasteiger partial charge < -0.3 is 20.8 Å². The van der Waals surface area contributed by atoms with Gasteiger partial charge in [0.25, 0.3) is 5.56 Å². The van der Waals surface area contributed by atoms with Crippen LogP contribution in [0.4, 0.5) is 10.5 Å². The number of hydrazone groups is 1. The van der Waals surface area contributed by atoms with Gasteiger partial charge in [-0.2, -0.15) is 5.01 Å². The van der Waals surface area contributed by atoms with Gasteiger partial charge in [0.2, 0.25) is 0 Å². The standard InChI is InChI=1S/C25H21Cl2N5O3/c1-13-23(28)31-32(25(34)30-13)17-9-20(26)22(21(27)10-17)35-18-11-19(24(33)29-12-18)16-7-6-14-4-2-3-5-15(14)8-16/h6-12H,1-5H2,(H2,28,31)(H,29,33)(H,30,34). The van der Waals surface area contributed by atoms with Gasteiger partial charge >= 0.3 is 6.03 Å². The van der Waals surface area contributed by atoms with E-state index in [1.807, 2.05) is 6.07 Å². The molecule has 0 bridgehead atoms. The number of benzene rings is 2. The molecule has 10 heteroatoms. The van der Waals surface area contributed by atoms with Crippen LogP contribution in [0.3, 0.4) is 0 Å². The van der Waals surface area contributed by atoms with Crippen molar-refractivity contribution in [2.75, 3.05) is 5.01 Å². The van der Waals surface area contributed by atoms with Crippen molar-refractivity contribution < 1.29 is 9.53 Å². The number of aryl methyl sites for hydroxylation is 2. The molecule has 2 amide bonds. The number of nitrogens with zero attached hydrogens (tertiary/aromatic N) is 2. The van der Waals surface area contributed by atoms with Gasteiger partial charge in [0.15, 0.2) is 11.6 Å². The van der Waals surface area contributed by atoms with E-state index in [2.05, 4.69) is 34.1 Å². The number of nitrogens with two attached hydrogens (primary N) is 1. The molecule has 0 spiro atoms. The van der Waals surface area contributed by atoms with E-state index in [-0.39, 0.29) is 38.6 Å². The van der Waals surface area contributed by atoms with Gasteiger partial charge in [-0.3, -0.25) is 4.79 Å². The molecule has 8 nitrogen and oxygen atoms in total. The first kappa shape index (κ1) is 23.0. The molecule has 0 saturated carbocycles. The second kappa shape index (κ2) is 9.13. The lowest BCUT2D eigenvalue weighted by Gasteiger charge is -2.24. The fraction of sp³-hybridized carbons (Fsp3) is 0.160. The van der Waals surface area contributed by atoms with Crippen molar-refractivity contribution in [1.82, 2.24) is 10.3 Å². The SMILES string of the molecule is C=C1NC(=O)N(c2cc(Cl)c(Oc3c[nH]c(=O)c(-c4ccc5c(c4)CCCC5)c3)c(Cl)c2)N=C1N. The molecule has 1 aliphatic carbocycles. The van der Waals surface area contributed by atoms with Crippen molar-refractivity contribution >= 4 is 40.8 Å². The first-order chi connectivity index (χ1) is 16.8. The number of carbonyl (C=O) groups is 1. The average molecular weight is 510 g/mol. The number of hydrogen-bond donors (Lipinski definition) is 3. The normalized spacial score (nSPS) is 15.4. The zero-order valence-electron chi connectivity index (χ0n) is 18.5. The zero-order valence-corrected chi connectivity index (χ0v) is 20.0. The Labute approximate surface area is 211 Å². The second-order valence-electron chi connectivity index (χ2n) is 8.32. The van der Waals surface area contributed by atoms with E-state index in [1.165, 1.54) is 35.9 Å². The van der Waals surface area contributed by atoms with E-state index in [9.17, 15) is 9.59 Å². The summed E-state index contributed by atoms with van der Waals surface area (Å²) in [4.78, 5) is 27.6. The molecule has 4 N–H and O–H groups in total. The van der Waals surface area contributed by atoms with Crippen molar-refractivity contribution in [1.29, 1.82) is 0 Å². The fourth-order valence-electron chi connectivity index (χ4n) is 4.16. The molecule has 0 fully saturated rings. The predicted molar refractivity (Wildman–Crippen MR) is 137 cm³/mol. The summed E-state index contributed by atoms with van der Waals surface area (Å²) in [5.74, 6) is 0.572. The van der Waals surface area contributed by atoms with Crippen LogP contribution < -0.4 is 26.4 Å². The summed E-state index contributed by atoms with van der Waals surface area (Å²) >= 11 is 12.9. The third-order valence-electron chi connectivity index (χ3n) is 5.95. The molecule has 178 valence electrons. The van der Waals surface area contributed by atoms with Crippen molar-refractivity contribution in [3.05, 3.63) is 86.4 Å². The second-order valence-corrected chi connectivity index (χ2v) is 9.13. The number of amides is 2. The Bertz CT molecular complexity index is 1440. The minimum Gasteiger partial charge on any atom is -0.453 e. The number of H-pyrrole nitrogens is 1. The number of ether oxygens (including phenoxy) is 1. The number of nitrogens with one attached hydrogen (secondary N) is 2. The zero-order chi connectivity index (χ0) is 24.7. The molecular weight excluding hydrogens is 489 g/mol.